The highest BCUT2D eigenvalue weighted by atomic mass is 32.2. The van der Waals surface area contributed by atoms with Crippen molar-refractivity contribution in [2.24, 2.45) is 21.7 Å². The number of ether oxygens (including phenoxy) is 1. The second kappa shape index (κ2) is 15.4. The number of hydrogen-bond acceptors (Lipinski definition) is 16. The Hall–Kier alpha value is -4.72. The fourth-order valence-corrected chi connectivity index (χ4v) is 6.67. The van der Waals surface area contributed by atoms with Crippen LogP contribution >= 0.6 is 0 Å². The van der Waals surface area contributed by atoms with Crippen LogP contribution < -0.4 is 31.3 Å². The van der Waals surface area contributed by atoms with Gasteiger partial charge in [-0.1, -0.05) is 0 Å². The number of aromatic nitrogens is 3. The number of fused-ring (bicyclic) bond motifs is 1. The molecule has 1 aromatic heterocycles. The van der Waals surface area contributed by atoms with Gasteiger partial charge in [0.25, 0.3) is 10.1 Å². The number of phenols is 1. The summed E-state index contributed by atoms with van der Waals surface area (Å²) >= 11 is 0. The van der Waals surface area contributed by atoms with E-state index in [1.807, 2.05) is 0 Å². The van der Waals surface area contributed by atoms with Gasteiger partial charge in [-0.05, 0) is 53.9 Å². The van der Waals surface area contributed by atoms with Crippen molar-refractivity contribution in [1.82, 2.24) is 24.8 Å². The lowest BCUT2D eigenvalue weighted by atomic mass is 10.1. The Balaban J connectivity index is 1.31. The van der Waals surface area contributed by atoms with Gasteiger partial charge in [0, 0.05) is 89.6 Å². The molecule has 266 valence electrons. The summed E-state index contributed by atoms with van der Waals surface area (Å²) in [6.07, 6.45) is 0. The van der Waals surface area contributed by atoms with E-state index in [0.717, 1.165) is 65.4 Å². The van der Waals surface area contributed by atoms with Crippen LogP contribution in [0.15, 0.2) is 63.7 Å². The van der Waals surface area contributed by atoms with E-state index in [2.05, 4.69) is 35.1 Å². The van der Waals surface area contributed by atoms with Crippen LogP contribution in [0.25, 0.3) is 10.8 Å². The molecule has 0 unspecified atom stereocenters. The topological polar surface area (TPSA) is 224 Å². The van der Waals surface area contributed by atoms with Crippen LogP contribution in [0.5, 0.6) is 11.5 Å². The Morgan fingerprint density at radius 2 is 1.40 bits per heavy atom. The monoisotopic (exact) mass is 706 g/mol. The van der Waals surface area contributed by atoms with Crippen LogP contribution in [0, 0.1) is 0 Å². The first-order valence-electron chi connectivity index (χ1n) is 16.4. The fourth-order valence-electron chi connectivity index (χ4n) is 6.01. The molecule has 0 saturated carbocycles. The Kier molecular flexibility index (Phi) is 10.8. The van der Waals surface area contributed by atoms with E-state index in [-0.39, 0.29) is 5.69 Å². The van der Waals surface area contributed by atoms with Gasteiger partial charge in [0.05, 0.1) is 12.8 Å². The molecule has 0 aliphatic carbocycles. The largest absolute Gasteiger partial charge is 0.505 e. The first kappa shape index (κ1) is 35.1. The molecule has 0 bridgehead atoms. The Morgan fingerprint density at radius 1 is 0.820 bits per heavy atom. The Labute approximate surface area is 290 Å². The van der Waals surface area contributed by atoms with Crippen molar-refractivity contribution < 1.29 is 22.8 Å². The number of benzene rings is 3. The maximum absolute atomic E-state index is 12.5. The van der Waals surface area contributed by atoms with Crippen LogP contribution in [0.2, 0.25) is 0 Å². The molecule has 4 aromatic rings. The van der Waals surface area contributed by atoms with Crippen molar-refractivity contribution in [3.8, 4) is 11.5 Å². The van der Waals surface area contributed by atoms with Gasteiger partial charge < -0.3 is 36.4 Å². The third-order valence-corrected chi connectivity index (χ3v) is 9.60. The van der Waals surface area contributed by atoms with E-state index in [9.17, 15) is 18.1 Å². The molecular weight excluding hydrogens is 664 g/mol. The molecule has 3 heterocycles. The number of phenolic OH excluding ortho intramolecular Hbond substituents is 1. The zero-order valence-electron chi connectivity index (χ0n) is 27.8. The number of methoxy groups -OCH3 is 1. The van der Waals surface area contributed by atoms with Crippen molar-refractivity contribution in [3.05, 3.63) is 48.5 Å². The molecule has 0 radical (unpaired) electrons. The number of hydrogen-bond donors (Lipinski definition) is 5. The van der Waals surface area contributed by atoms with Gasteiger partial charge in [-0.2, -0.15) is 28.5 Å². The standard InChI is InChI=1S/C32H42N12O5S/c1-49-25-5-2-23(3-6-25)39-40-28-27(50(46,47)48)21-22-20-24(4-7-26(22)29(28)45)35-30-36-31(43-16-12-41(10-8-33)13-17-43)38-32(37-30)44-18-14-42(11-9-34)15-19-44/h2-7,20-21,45H,8-19,33-34H2,1H3,(H,46,47,48)(H,35,36,37,38). The first-order valence-corrected chi connectivity index (χ1v) is 17.8. The van der Waals surface area contributed by atoms with E-state index < -0.39 is 20.8 Å². The molecule has 2 fully saturated rings. The second-order valence-electron chi connectivity index (χ2n) is 12.0. The smallest absolute Gasteiger partial charge is 0.296 e. The number of aromatic hydroxyl groups is 1. The fraction of sp³-hybridized carbons (Fsp3) is 0.406. The van der Waals surface area contributed by atoms with Crippen LogP contribution in [0.3, 0.4) is 0 Å². The minimum Gasteiger partial charge on any atom is -0.505 e. The molecule has 3 aromatic carbocycles. The van der Waals surface area contributed by atoms with E-state index >= 15 is 0 Å². The molecule has 7 N–H and O–H groups in total. The summed E-state index contributed by atoms with van der Waals surface area (Å²) in [4.78, 5) is 22.7. The molecule has 0 spiro atoms. The first-order chi connectivity index (χ1) is 24.1. The van der Waals surface area contributed by atoms with Crippen molar-refractivity contribution in [2.75, 3.05) is 101 Å². The Morgan fingerprint density at radius 3 is 1.92 bits per heavy atom. The lowest BCUT2D eigenvalue weighted by molar-refractivity contribution is 0.262. The van der Waals surface area contributed by atoms with E-state index in [4.69, 9.17) is 31.2 Å². The number of nitrogens with zero attached hydrogens (tertiary/aromatic N) is 9. The van der Waals surface area contributed by atoms with E-state index in [0.29, 0.717) is 58.8 Å². The van der Waals surface area contributed by atoms with Crippen LogP contribution in [-0.2, 0) is 10.1 Å². The van der Waals surface area contributed by atoms with Gasteiger partial charge in [-0.3, -0.25) is 14.4 Å². The number of nitrogens with one attached hydrogen (secondary N) is 1. The van der Waals surface area contributed by atoms with Crippen molar-refractivity contribution >= 4 is 55.8 Å². The van der Waals surface area contributed by atoms with Gasteiger partial charge in [0.1, 0.15) is 16.3 Å². The predicted octanol–water partition coefficient (Wildman–Crippen LogP) is 2.31. The van der Waals surface area contributed by atoms with Crippen molar-refractivity contribution in [3.63, 3.8) is 0 Å². The van der Waals surface area contributed by atoms with Gasteiger partial charge in [-0.25, -0.2) is 0 Å². The van der Waals surface area contributed by atoms with Crippen LogP contribution in [0.1, 0.15) is 0 Å². The molecule has 0 amide bonds. The highest BCUT2D eigenvalue weighted by molar-refractivity contribution is 7.86. The van der Waals surface area contributed by atoms with Gasteiger partial charge >= 0.3 is 0 Å². The minimum atomic E-state index is -4.80. The summed E-state index contributed by atoms with van der Waals surface area (Å²) in [6, 6.07) is 12.8. The van der Waals surface area contributed by atoms with Crippen LogP contribution in [0.4, 0.5) is 34.9 Å². The SMILES string of the molecule is COc1ccc(N=Nc2c(S(=O)(=O)O)cc3cc(Nc4nc(N5CCN(CCN)CC5)nc(N5CCN(CCN)CC5)n4)ccc3c2O)cc1. The molecule has 0 atom stereocenters. The van der Waals surface area contributed by atoms with Gasteiger partial charge in [0.15, 0.2) is 5.75 Å². The van der Waals surface area contributed by atoms with E-state index in [1.165, 1.54) is 13.2 Å². The normalized spacial score (nSPS) is 16.4. The minimum absolute atomic E-state index is 0.300. The Bertz CT molecular complexity index is 1890. The summed E-state index contributed by atoms with van der Waals surface area (Å²) in [7, 11) is -3.28. The lowest BCUT2D eigenvalue weighted by Crippen LogP contribution is -2.49. The number of nitrogens with two attached hydrogens (primary N) is 2. The summed E-state index contributed by atoms with van der Waals surface area (Å²) in [5, 5.41) is 23.1. The molecule has 18 heteroatoms. The lowest BCUT2D eigenvalue weighted by Gasteiger charge is -2.36. The third kappa shape index (κ3) is 8.18. The zero-order valence-corrected chi connectivity index (χ0v) is 28.6. The zero-order chi connectivity index (χ0) is 35.3. The van der Waals surface area contributed by atoms with Gasteiger partial charge in [0.2, 0.25) is 17.8 Å². The highest BCUT2D eigenvalue weighted by Crippen LogP contribution is 2.42. The average Bonchev–Trinajstić information content (AvgIpc) is 3.12. The summed E-state index contributed by atoms with van der Waals surface area (Å²) in [5.41, 5.74) is 12.1. The van der Waals surface area contributed by atoms with Crippen LogP contribution in [-0.4, -0.2) is 128 Å². The number of piperazine rings is 2. The second-order valence-corrected chi connectivity index (χ2v) is 13.4. The number of anilines is 4. The molecule has 2 aliphatic rings. The quantitative estimate of drug-likeness (QED) is 0.105. The summed E-state index contributed by atoms with van der Waals surface area (Å²) < 4.78 is 40.2. The van der Waals surface area contributed by atoms with E-state index in [1.54, 1.807) is 42.5 Å². The predicted molar refractivity (Wildman–Crippen MR) is 191 cm³/mol. The maximum Gasteiger partial charge on any atom is 0.296 e. The molecule has 50 heavy (non-hydrogen) atoms. The molecular formula is C32H42N12O5S. The molecule has 2 saturated heterocycles. The maximum atomic E-state index is 12.5. The van der Waals surface area contributed by atoms with Crippen molar-refractivity contribution in [1.29, 1.82) is 0 Å². The van der Waals surface area contributed by atoms with Gasteiger partial charge in [-0.15, -0.1) is 5.11 Å². The number of azo groups is 1. The number of rotatable bonds is 12. The van der Waals surface area contributed by atoms with Crippen molar-refractivity contribution in [2.45, 2.75) is 4.90 Å². The molecule has 17 nitrogen and oxygen atoms in total. The summed E-state index contributed by atoms with van der Waals surface area (Å²) in [6.45, 7) is 9.16. The summed E-state index contributed by atoms with van der Waals surface area (Å²) in [5.74, 6) is 1.56. The third-order valence-electron chi connectivity index (χ3n) is 8.74. The molecule has 6 rings (SSSR count). The molecule has 2 aliphatic heterocycles. The average molecular weight is 707 g/mol. The highest BCUT2D eigenvalue weighted by Gasteiger charge is 2.25.